The zero-order valence-corrected chi connectivity index (χ0v) is 15.4. The van der Waals surface area contributed by atoms with Gasteiger partial charge in [-0.2, -0.15) is 13.2 Å². The van der Waals surface area contributed by atoms with E-state index >= 15 is 0 Å². The normalized spacial score (nSPS) is 11.7. The van der Waals surface area contributed by atoms with Crippen molar-refractivity contribution >= 4 is 35.0 Å². The van der Waals surface area contributed by atoms with Gasteiger partial charge in [0, 0.05) is 11.8 Å². The number of amides is 1. The topological polar surface area (TPSA) is 74.8 Å². The number of hydrogen-bond acceptors (Lipinski definition) is 4. The van der Waals surface area contributed by atoms with Crippen LogP contribution in [-0.2, 0) is 11.0 Å². The minimum Gasteiger partial charge on any atom is -0.325 e. The Bertz CT molecular complexity index is 869. The summed E-state index contributed by atoms with van der Waals surface area (Å²) in [4.78, 5) is 30.3. The highest BCUT2D eigenvalue weighted by Gasteiger charge is 2.33. The van der Waals surface area contributed by atoms with Gasteiger partial charge in [0.05, 0.1) is 22.0 Å². The number of carbonyl (C=O) groups excluding carboxylic acids is 1. The van der Waals surface area contributed by atoms with Crippen molar-refractivity contribution in [1.82, 2.24) is 9.97 Å². The summed E-state index contributed by atoms with van der Waals surface area (Å²) in [5.41, 5.74) is -0.798. The van der Waals surface area contributed by atoms with E-state index in [0.29, 0.717) is 5.69 Å². The molecule has 0 unspecified atom stereocenters. The zero-order chi connectivity index (χ0) is 19.5. The molecule has 0 spiro atoms. The molecule has 0 saturated carbocycles. The number of hydrogen-bond donors (Lipinski definition) is 2. The average Bonchev–Trinajstić information content (AvgIpc) is 2.53. The van der Waals surface area contributed by atoms with E-state index < -0.39 is 22.7 Å². The molecule has 0 fully saturated rings. The number of aromatic nitrogens is 2. The van der Waals surface area contributed by atoms with E-state index in [1.165, 1.54) is 12.1 Å². The second-order valence-electron chi connectivity index (χ2n) is 5.66. The van der Waals surface area contributed by atoms with Gasteiger partial charge in [-0.1, -0.05) is 37.2 Å². The zero-order valence-electron chi connectivity index (χ0n) is 13.8. The lowest BCUT2D eigenvalue weighted by Gasteiger charge is -2.11. The first-order valence-corrected chi connectivity index (χ1v) is 8.83. The largest absolute Gasteiger partial charge is 0.417 e. The van der Waals surface area contributed by atoms with Crippen molar-refractivity contribution < 1.29 is 18.0 Å². The standard InChI is InChI=1S/C16H15ClF3N3O2S/c1-8(2)12-6-13(24)23-15(22-12)26-7-14(25)21-9-3-4-11(17)10(5-9)16(18,19)20/h3-6,8H,7H2,1-2H3,(H,21,25)(H,22,23,24). The third kappa shape index (κ3) is 5.50. The molecule has 1 aromatic heterocycles. The molecular formula is C16H15ClF3N3O2S. The predicted molar refractivity (Wildman–Crippen MR) is 94.8 cm³/mol. The fourth-order valence-electron chi connectivity index (χ4n) is 1.97. The van der Waals surface area contributed by atoms with Crippen molar-refractivity contribution in [2.24, 2.45) is 0 Å². The van der Waals surface area contributed by atoms with Gasteiger partial charge in [0.15, 0.2) is 5.16 Å². The van der Waals surface area contributed by atoms with Gasteiger partial charge in [-0.05, 0) is 24.1 Å². The number of carbonyl (C=O) groups is 1. The van der Waals surface area contributed by atoms with Crippen LogP contribution in [0.25, 0.3) is 0 Å². The summed E-state index contributed by atoms with van der Waals surface area (Å²) in [5.74, 6) is -0.627. The van der Waals surface area contributed by atoms with Crippen LogP contribution in [0, 0.1) is 0 Å². The lowest BCUT2D eigenvalue weighted by Crippen LogP contribution is -2.16. The van der Waals surface area contributed by atoms with Crippen LogP contribution in [0.3, 0.4) is 0 Å². The van der Waals surface area contributed by atoms with Crippen LogP contribution >= 0.6 is 23.4 Å². The molecule has 0 aliphatic rings. The van der Waals surface area contributed by atoms with E-state index in [9.17, 15) is 22.8 Å². The Labute approximate surface area is 156 Å². The van der Waals surface area contributed by atoms with E-state index in [2.05, 4.69) is 15.3 Å². The molecule has 0 radical (unpaired) electrons. The highest BCUT2D eigenvalue weighted by molar-refractivity contribution is 7.99. The minimum absolute atomic E-state index is 0.0234. The van der Waals surface area contributed by atoms with E-state index in [0.717, 1.165) is 23.9 Å². The van der Waals surface area contributed by atoms with Gasteiger partial charge in [-0.25, -0.2) is 4.98 Å². The molecule has 0 saturated heterocycles. The molecule has 26 heavy (non-hydrogen) atoms. The lowest BCUT2D eigenvalue weighted by molar-refractivity contribution is -0.137. The Hall–Kier alpha value is -2.00. The molecule has 0 aliphatic heterocycles. The fourth-order valence-corrected chi connectivity index (χ4v) is 2.88. The van der Waals surface area contributed by atoms with Crippen molar-refractivity contribution in [3.8, 4) is 0 Å². The van der Waals surface area contributed by atoms with Crippen LogP contribution < -0.4 is 10.9 Å². The van der Waals surface area contributed by atoms with Crippen LogP contribution in [0.5, 0.6) is 0 Å². The minimum atomic E-state index is -4.62. The summed E-state index contributed by atoms with van der Waals surface area (Å²) in [6.07, 6.45) is -4.62. The maximum Gasteiger partial charge on any atom is 0.417 e. The van der Waals surface area contributed by atoms with Crippen molar-refractivity contribution in [1.29, 1.82) is 0 Å². The van der Waals surface area contributed by atoms with Crippen LogP contribution in [0.2, 0.25) is 5.02 Å². The number of aromatic amines is 1. The fraction of sp³-hybridized carbons (Fsp3) is 0.312. The number of alkyl halides is 3. The van der Waals surface area contributed by atoms with E-state index in [1.807, 2.05) is 13.8 Å². The second-order valence-corrected chi connectivity index (χ2v) is 7.03. The average molecular weight is 406 g/mol. The molecule has 1 heterocycles. The Balaban J connectivity index is 2.05. The number of rotatable bonds is 5. The van der Waals surface area contributed by atoms with Crippen molar-refractivity contribution in [2.45, 2.75) is 31.1 Å². The molecule has 2 N–H and O–H groups in total. The van der Waals surface area contributed by atoms with Gasteiger partial charge in [0.25, 0.3) is 5.56 Å². The van der Waals surface area contributed by atoms with Gasteiger partial charge in [0.2, 0.25) is 5.91 Å². The maximum atomic E-state index is 12.8. The predicted octanol–water partition coefficient (Wildman–Crippen LogP) is 4.30. The third-order valence-corrected chi connectivity index (χ3v) is 4.43. The maximum absolute atomic E-state index is 12.8. The SMILES string of the molecule is CC(C)c1cc(=O)[nH]c(SCC(=O)Nc2ccc(Cl)c(C(F)(F)F)c2)n1. The summed E-state index contributed by atoms with van der Waals surface area (Å²) in [5, 5.41) is 2.19. The number of halogens is 4. The van der Waals surface area contributed by atoms with Gasteiger partial charge in [0.1, 0.15) is 0 Å². The van der Waals surface area contributed by atoms with Crippen molar-refractivity contribution in [3.63, 3.8) is 0 Å². The summed E-state index contributed by atoms with van der Waals surface area (Å²) in [6.45, 7) is 3.75. The molecule has 2 aromatic rings. The number of thioether (sulfide) groups is 1. The summed E-state index contributed by atoms with van der Waals surface area (Å²) < 4.78 is 38.5. The van der Waals surface area contributed by atoms with Gasteiger partial charge < -0.3 is 10.3 Å². The van der Waals surface area contributed by atoms with Crippen molar-refractivity contribution in [2.75, 3.05) is 11.1 Å². The van der Waals surface area contributed by atoms with E-state index in [1.54, 1.807) is 0 Å². The van der Waals surface area contributed by atoms with Crippen LogP contribution in [0.15, 0.2) is 34.2 Å². The summed E-state index contributed by atoms with van der Waals surface area (Å²) in [7, 11) is 0. The molecule has 2 rings (SSSR count). The molecule has 1 aromatic carbocycles. The number of anilines is 1. The smallest absolute Gasteiger partial charge is 0.325 e. The Morgan fingerprint density at radius 1 is 1.35 bits per heavy atom. The van der Waals surface area contributed by atoms with Crippen molar-refractivity contribution in [3.05, 3.63) is 50.9 Å². The second kappa shape index (κ2) is 8.13. The molecule has 5 nitrogen and oxygen atoms in total. The lowest BCUT2D eigenvalue weighted by atomic mass is 10.1. The first-order valence-electron chi connectivity index (χ1n) is 7.47. The Morgan fingerprint density at radius 3 is 2.65 bits per heavy atom. The molecular weight excluding hydrogens is 391 g/mol. The van der Waals surface area contributed by atoms with Crippen LogP contribution in [0.1, 0.15) is 31.0 Å². The van der Waals surface area contributed by atoms with Crippen LogP contribution in [0.4, 0.5) is 18.9 Å². The Kier molecular flexibility index (Phi) is 6.35. The Morgan fingerprint density at radius 2 is 2.04 bits per heavy atom. The number of benzene rings is 1. The number of nitrogens with one attached hydrogen (secondary N) is 2. The molecule has 140 valence electrons. The third-order valence-electron chi connectivity index (χ3n) is 3.23. The molecule has 1 amide bonds. The van der Waals surface area contributed by atoms with Crippen LogP contribution in [-0.4, -0.2) is 21.6 Å². The van der Waals surface area contributed by atoms with E-state index in [-0.39, 0.29) is 28.1 Å². The molecule has 10 heteroatoms. The summed E-state index contributed by atoms with van der Waals surface area (Å²) >= 11 is 6.51. The van der Waals surface area contributed by atoms with Gasteiger partial charge >= 0.3 is 6.18 Å². The van der Waals surface area contributed by atoms with E-state index in [4.69, 9.17) is 11.6 Å². The van der Waals surface area contributed by atoms with Gasteiger partial charge in [-0.3, -0.25) is 9.59 Å². The molecule has 0 bridgehead atoms. The monoisotopic (exact) mass is 405 g/mol. The highest BCUT2D eigenvalue weighted by Crippen LogP contribution is 2.36. The number of H-pyrrole nitrogens is 1. The van der Waals surface area contributed by atoms with Gasteiger partial charge in [-0.15, -0.1) is 0 Å². The summed E-state index contributed by atoms with van der Waals surface area (Å²) in [6, 6.07) is 4.49. The number of nitrogens with zero attached hydrogens (tertiary/aromatic N) is 1. The molecule has 0 atom stereocenters. The molecule has 0 aliphatic carbocycles. The first-order chi connectivity index (χ1) is 12.1. The first kappa shape index (κ1) is 20.3. The quantitative estimate of drug-likeness (QED) is 0.574. The highest BCUT2D eigenvalue weighted by atomic mass is 35.5.